The molecule has 0 radical (unpaired) electrons. The number of carbonyl (C=O) groups is 1. The molecule has 2 heterocycles. The molecule has 0 bridgehead atoms. The second-order valence-electron chi connectivity index (χ2n) is 8.08. The summed E-state index contributed by atoms with van der Waals surface area (Å²) in [7, 11) is 0. The third-order valence-electron chi connectivity index (χ3n) is 5.94. The number of rotatable bonds is 5. The van der Waals surface area contributed by atoms with Crippen molar-refractivity contribution in [2.24, 2.45) is 0 Å². The number of hydrogen-bond donors (Lipinski definition) is 1. The number of urea groups is 1. The van der Waals surface area contributed by atoms with Gasteiger partial charge in [0.15, 0.2) is 5.13 Å². The lowest BCUT2D eigenvalue weighted by molar-refractivity contribution is -0.384. The van der Waals surface area contributed by atoms with E-state index >= 15 is 0 Å². The quantitative estimate of drug-likeness (QED) is 0.331. The zero-order chi connectivity index (χ0) is 23.5. The number of nitro benzene ring substituents is 1. The molecule has 1 N–H and O–H groups in total. The van der Waals surface area contributed by atoms with Gasteiger partial charge in [0.25, 0.3) is 5.69 Å². The van der Waals surface area contributed by atoms with Crippen molar-refractivity contribution in [3.63, 3.8) is 0 Å². The molecule has 1 aliphatic rings. The number of nitrogens with one attached hydrogen (secondary N) is 1. The zero-order valence-electron chi connectivity index (χ0n) is 18.3. The van der Waals surface area contributed by atoms with E-state index < -0.39 is 4.92 Å². The van der Waals surface area contributed by atoms with E-state index in [1.807, 2.05) is 65.6 Å². The van der Waals surface area contributed by atoms with Crippen LogP contribution in [0.1, 0.15) is 17.2 Å². The topological polar surface area (TPSA) is 91.6 Å². The standard InChI is InChI=1S/C25H23N5O3S/c31-24(27-23(18-7-3-1-4-8-18)19-9-5-2-6-10-19)28-13-15-29(16-14-28)25-26-21-12-11-20(30(32)33)17-22(21)34-25/h1-12,17,23H,13-16H2,(H,27,31). The van der Waals surface area contributed by atoms with Gasteiger partial charge in [0.2, 0.25) is 0 Å². The van der Waals surface area contributed by atoms with Crippen LogP contribution >= 0.6 is 11.3 Å². The largest absolute Gasteiger partial charge is 0.345 e. The van der Waals surface area contributed by atoms with Crippen LogP contribution in [0.3, 0.4) is 0 Å². The van der Waals surface area contributed by atoms with E-state index in [9.17, 15) is 14.9 Å². The number of non-ortho nitro benzene ring substituents is 1. The van der Waals surface area contributed by atoms with Gasteiger partial charge >= 0.3 is 6.03 Å². The van der Waals surface area contributed by atoms with Crippen LogP contribution in [0.5, 0.6) is 0 Å². The van der Waals surface area contributed by atoms with Gasteiger partial charge in [-0.1, -0.05) is 72.0 Å². The number of carbonyl (C=O) groups excluding carboxylic acids is 1. The summed E-state index contributed by atoms with van der Waals surface area (Å²) in [6.45, 7) is 2.43. The van der Waals surface area contributed by atoms with Gasteiger partial charge in [0.1, 0.15) is 0 Å². The maximum atomic E-state index is 13.2. The Labute approximate surface area is 200 Å². The highest BCUT2D eigenvalue weighted by atomic mass is 32.1. The summed E-state index contributed by atoms with van der Waals surface area (Å²) in [5.74, 6) is 0. The van der Waals surface area contributed by atoms with Crippen molar-refractivity contribution in [3.8, 4) is 0 Å². The maximum absolute atomic E-state index is 13.2. The Bertz CT molecular complexity index is 1260. The summed E-state index contributed by atoms with van der Waals surface area (Å²) < 4.78 is 0.790. The fraction of sp³-hybridized carbons (Fsp3) is 0.200. The average molecular weight is 474 g/mol. The van der Waals surface area contributed by atoms with Gasteiger partial charge in [-0.25, -0.2) is 9.78 Å². The Morgan fingerprint density at radius 3 is 2.15 bits per heavy atom. The second kappa shape index (κ2) is 9.48. The summed E-state index contributed by atoms with van der Waals surface area (Å²) in [4.78, 5) is 32.4. The molecule has 172 valence electrons. The molecule has 2 amide bonds. The minimum atomic E-state index is -0.394. The Morgan fingerprint density at radius 1 is 0.941 bits per heavy atom. The van der Waals surface area contributed by atoms with Gasteiger partial charge in [-0.3, -0.25) is 10.1 Å². The van der Waals surface area contributed by atoms with Gasteiger partial charge in [-0.15, -0.1) is 0 Å². The van der Waals surface area contributed by atoms with Crippen molar-refractivity contribution in [1.82, 2.24) is 15.2 Å². The highest BCUT2D eigenvalue weighted by molar-refractivity contribution is 7.22. The van der Waals surface area contributed by atoms with Crippen LogP contribution in [0.2, 0.25) is 0 Å². The Balaban J connectivity index is 1.26. The molecule has 1 fully saturated rings. The predicted molar refractivity (Wildman–Crippen MR) is 133 cm³/mol. The van der Waals surface area contributed by atoms with Crippen LogP contribution in [0, 0.1) is 10.1 Å². The van der Waals surface area contributed by atoms with Crippen molar-refractivity contribution in [2.45, 2.75) is 6.04 Å². The number of hydrogen-bond acceptors (Lipinski definition) is 6. The fourth-order valence-corrected chi connectivity index (χ4v) is 5.17. The zero-order valence-corrected chi connectivity index (χ0v) is 19.1. The minimum absolute atomic E-state index is 0.0653. The number of aromatic nitrogens is 1. The molecule has 1 aromatic heterocycles. The molecule has 3 aromatic carbocycles. The van der Waals surface area contributed by atoms with Crippen molar-refractivity contribution in [1.29, 1.82) is 0 Å². The number of fused-ring (bicyclic) bond motifs is 1. The molecule has 1 aliphatic heterocycles. The molecular weight excluding hydrogens is 450 g/mol. The summed E-state index contributed by atoms with van der Waals surface area (Å²) in [6, 6.07) is 24.3. The first-order valence-corrected chi connectivity index (χ1v) is 11.9. The van der Waals surface area contributed by atoms with E-state index in [0.717, 1.165) is 26.5 Å². The molecule has 9 heteroatoms. The highest BCUT2D eigenvalue weighted by Crippen LogP contribution is 2.32. The third kappa shape index (κ3) is 4.55. The SMILES string of the molecule is O=C(NC(c1ccccc1)c1ccccc1)N1CCN(c2nc3ccc([N+](=O)[O-])cc3s2)CC1. The maximum Gasteiger partial charge on any atom is 0.318 e. The lowest BCUT2D eigenvalue weighted by atomic mass is 9.99. The average Bonchev–Trinajstić information content (AvgIpc) is 3.32. The molecule has 0 aliphatic carbocycles. The van der Waals surface area contributed by atoms with Crippen LogP contribution in [0.4, 0.5) is 15.6 Å². The Hall–Kier alpha value is -3.98. The van der Waals surface area contributed by atoms with E-state index in [-0.39, 0.29) is 17.8 Å². The van der Waals surface area contributed by atoms with E-state index in [1.165, 1.54) is 17.4 Å². The smallest absolute Gasteiger partial charge is 0.318 e. The second-order valence-corrected chi connectivity index (χ2v) is 9.09. The van der Waals surface area contributed by atoms with E-state index in [4.69, 9.17) is 0 Å². The molecule has 1 saturated heterocycles. The van der Waals surface area contributed by atoms with Gasteiger partial charge in [0.05, 0.1) is 21.2 Å². The monoisotopic (exact) mass is 473 g/mol. The van der Waals surface area contributed by atoms with E-state index in [1.54, 1.807) is 12.1 Å². The predicted octanol–water partition coefficient (Wildman–Crippen LogP) is 4.83. The first-order chi connectivity index (χ1) is 16.6. The Kier molecular flexibility index (Phi) is 6.09. The molecule has 4 aromatic rings. The number of amides is 2. The van der Waals surface area contributed by atoms with Crippen molar-refractivity contribution in [3.05, 3.63) is 100 Å². The van der Waals surface area contributed by atoms with E-state index in [0.29, 0.717) is 26.2 Å². The van der Waals surface area contributed by atoms with Gasteiger partial charge in [0, 0.05) is 38.3 Å². The van der Waals surface area contributed by atoms with Crippen LogP contribution in [-0.4, -0.2) is 47.0 Å². The highest BCUT2D eigenvalue weighted by Gasteiger charge is 2.26. The Morgan fingerprint density at radius 2 is 1.56 bits per heavy atom. The molecule has 5 rings (SSSR count). The molecule has 0 saturated carbocycles. The van der Waals surface area contributed by atoms with Gasteiger partial charge in [-0.2, -0.15) is 0 Å². The molecule has 8 nitrogen and oxygen atoms in total. The summed E-state index contributed by atoms with van der Waals surface area (Å²) in [5.41, 5.74) is 2.88. The summed E-state index contributed by atoms with van der Waals surface area (Å²) in [5, 5.41) is 15.1. The van der Waals surface area contributed by atoms with Crippen molar-refractivity contribution >= 4 is 38.4 Å². The molecule has 0 atom stereocenters. The number of thiazole rings is 1. The van der Waals surface area contributed by atoms with Gasteiger partial charge in [-0.05, 0) is 17.2 Å². The van der Waals surface area contributed by atoms with Gasteiger partial charge < -0.3 is 15.1 Å². The third-order valence-corrected chi connectivity index (χ3v) is 7.02. The summed E-state index contributed by atoms with van der Waals surface area (Å²) >= 11 is 1.44. The van der Waals surface area contributed by atoms with Crippen LogP contribution in [0.15, 0.2) is 78.9 Å². The lowest BCUT2D eigenvalue weighted by Gasteiger charge is -2.35. The molecular formula is C25H23N5O3S. The first-order valence-electron chi connectivity index (χ1n) is 11.0. The lowest BCUT2D eigenvalue weighted by Crippen LogP contribution is -2.52. The number of anilines is 1. The van der Waals surface area contributed by atoms with Crippen LogP contribution in [0.25, 0.3) is 10.2 Å². The first kappa shape index (κ1) is 21.8. The normalized spacial score (nSPS) is 13.9. The molecule has 34 heavy (non-hydrogen) atoms. The number of nitrogens with zero attached hydrogens (tertiary/aromatic N) is 4. The minimum Gasteiger partial charge on any atom is -0.345 e. The number of benzene rings is 3. The van der Waals surface area contributed by atoms with Crippen molar-refractivity contribution < 1.29 is 9.72 Å². The number of nitro groups is 1. The molecule has 0 spiro atoms. The number of piperazine rings is 1. The van der Waals surface area contributed by atoms with E-state index in [2.05, 4.69) is 15.2 Å². The van der Waals surface area contributed by atoms with Crippen LogP contribution < -0.4 is 10.2 Å². The molecule has 0 unspecified atom stereocenters. The fourth-order valence-electron chi connectivity index (χ4n) is 4.12. The summed E-state index contributed by atoms with van der Waals surface area (Å²) in [6.07, 6.45) is 0. The van der Waals surface area contributed by atoms with Crippen LogP contribution in [-0.2, 0) is 0 Å². The van der Waals surface area contributed by atoms with Crippen molar-refractivity contribution in [2.75, 3.05) is 31.1 Å².